The van der Waals surface area contributed by atoms with E-state index in [1.807, 2.05) is 4.90 Å². The van der Waals surface area contributed by atoms with Gasteiger partial charge < -0.3 is 24.0 Å². The van der Waals surface area contributed by atoms with Gasteiger partial charge >= 0.3 is 0 Å². The van der Waals surface area contributed by atoms with Crippen LogP contribution in [0.4, 0.5) is 0 Å². The molecule has 26 heavy (non-hydrogen) atoms. The normalized spacial score (nSPS) is 23.3. The lowest BCUT2D eigenvalue weighted by Gasteiger charge is -2.37. The van der Waals surface area contributed by atoms with E-state index >= 15 is 0 Å². The van der Waals surface area contributed by atoms with Crippen molar-refractivity contribution in [1.82, 2.24) is 14.7 Å². The quantitative estimate of drug-likeness (QED) is 0.652. The molecule has 0 aliphatic carbocycles. The smallest absolute Gasteiger partial charge is 0.224 e. The van der Waals surface area contributed by atoms with E-state index in [1.165, 1.54) is 0 Å². The molecule has 2 amide bonds. The zero-order chi connectivity index (χ0) is 18.4. The second-order valence-electron chi connectivity index (χ2n) is 7.20. The van der Waals surface area contributed by atoms with Gasteiger partial charge in [-0.2, -0.15) is 0 Å². The molecule has 148 valence electrons. The van der Waals surface area contributed by atoms with Crippen LogP contribution in [0.25, 0.3) is 0 Å². The molecule has 8 nitrogen and oxygen atoms in total. The predicted octanol–water partition coefficient (Wildman–Crippen LogP) is -0.0773. The summed E-state index contributed by atoms with van der Waals surface area (Å²) in [5.41, 5.74) is 0. The molecule has 8 heteroatoms. The first-order valence-electron chi connectivity index (χ1n) is 9.69. The number of piperidine rings is 1. The lowest BCUT2D eigenvalue weighted by Crippen LogP contribution is -2.48. The van der Waals surface area contributed by atoms with Gasteiger partial charge in [0.1, 0.15) is 0 Å². The Morgan fingerprint density at radius 3 is 2.23 bits per heavy atom. The molecule has 0 saturated carbocycles. The van der Waals surface area contributed by atoms with Gasteiger partial charge in [0.25, 0.3) is 0 Å². The standard InChI is InChI=1S/C18H31N3O5/c1-16(22)20(9-8-19-10-12-24-13-11-19)5-2-17(23)21-6-3-18(4-7-21)25-14-15-26-18/h2-15H2,1H3. The highest BCUT2D eigenvalue weighted by molar-refractivity contribution is 5.78. The maximum Gasteiger partial charge on any atom is 0.224 e. The summed E-state index contributed by atoms with van der Waals surface area (Å²) in [5, 5.41) is 0. The van der Waals surface area contributed by atoms with Gasteiger partial charge in [-0.15, -0.1) is 0 Å². The highest BCUT2D eigenvalue weighted by Gasteiger charge is 2.40. The molecule has 0 atom stereocenters. The van der Waals surface area contributed by atoms with Gasteiger partial charge in [-0.05, 0) is 0 Å². The van der Waals surface area contributed by atoms with Crippen molar-refractivity contribution in [3.8, 4) is 0 Å². The minimum Gasteiger partial charge on any atom is -0.379 e. The minimum absolute atomic E-state index is 0.0245. The average molecular weight is 369 g/mol. The molecule has 0 aromatic rings. The molecule has 3 fully saturated rings. The fraction of sp³-hybridized carbons (Fsp3) is 0.889. The first kappa shape index (κ1) is 19.5. The van der Waals surface area contributed by atoms with Gasteiger partial charge in [-0.25, -0.2) is 0 Å². The molecule has 3 saturated heterocycles. The Balaban J connectivity index is 1.39. The second kappa shape index (κ2) is 9.12. The van der Waals surface area contributed by atoms with E-state index in [2.05, 4.69) is 4.90 Å². The number of hydrogen-bond donors (Lipinski definition) is 0. The van der Waals surface area contributed by atoms with Crippen molar-refractivity contribution in [1.29, 1.82) is 0 Å². The molecular weight excluding hydrogens is 338 g/mol. The molecule has 0 N–H and O–H groups in total. The van der Waals surface area contributed by atoms with Crippen molar-refractivity contribution in [2.45, 2.75) is 32.0 Å². The molecule has 0 unspecified atom stereocenters. The Labute approximate surface area is 155 Å². The molecule has 1 spiro atoms. The molecular formula is C18H31N3O5. The van der Waals surface area contributed by atoms with E-state index in [-0.39, 0.29) is 11.8 Å². The van der Waals surface area contributed by atoms with Crippen LogP contribution in [0.15, 0.2) is 0 Å². The van der Waals surface area contributed by atoms with Crippen molar-refractivity contribution in [3.05, 3.63) is 0 Å². The number of likely N-dealkylation sites (tertiary alicyclic amines) is 1. The SMILES string of the molecule is CC(=O)N(CCC(=O)N1CCC2(CC1)OCCO2)CCN1CCOCC1. The molecule has 3 heterocycles. The van der Waals surface area contributed by atoms with E-state index in [9.17, 15) is 9.59 Å². The molecule has 0 radical (unpaired) electrons. The molecule has 0 aromatic carbocycles. The fourth-order valence-corrected chi connectivity index (χ4v) is 3.78. The average Bonchev–Trinajstić information content (AvgIpc) is 3.10. The topological polar surface area (TPSA) is 71.6 Å². The van der Waals surface area contributed by atoms with Gasteiger partial charge in [0.05, 0.1) is 26.4 Å². The zero-order valence-electron chi connectivity index (χ0n) is 15.8. The summed E-state index contributed by atoms with van der Waals surface area (Å²) in [6.45, 7) is 9.47. The van der Waals surface area contributed by atoms with E-state index in [0.717, 1.165) is 45.7 Å². The molecule has 0 bridgehead atoms. The van der Waals surface area contributed by atoms with Crippen molar-refractivity contribution in [3.63, 3.8) is 0 Å². The summed E-state index contributed by atoms with van der Waals surface area (Å²) in [7, 11) is 0. The Hall–Kier alpha value is -1.22. The number of rotatable bonds is 6. The monoisotopic (exact) mass is 369 g/mol. The second-order valence-corrected chi connectivity index (χ2v) is 7.20. The van der Waals surface area contributed by atoms with E-state index in [0.29, 0.717) is 45.8 Å². The first-order valence-corrected chi connectivity index (χ1v) is 9.69. The lowest BCUT2D eigenvalue weighted by molar-refractivity contribution is -0.187. The van der Waals surface area contributed by atoms with Crippen LogP contribution in [0.5, 0.6) is 0 Å². The van der Waals surface area contributed by atoms with Crippen LogP contribution in [0.3, 0.4) is 0 Å². The lowest BCUT2D eigenvalue weighted by atomic mass is 10.0. The number of morpholine rings is 1. The van der Waals surface area contributed by atoms with Crippen LogP contribution in [-0.2, 0) is 23.8 Å². The van der Waals surface area contributed by atoms with Gasteiger partial charge in [0.15, 0.2) is 5.79 Å². The van der Waals surface area contributed by atoms with Crippen LogP contribution in [0.2, 0.25) is 0 Å². The number of amides is 2. The highest BCUT2D eigenvalue weighted by atomic mass is 16.7. The summed E-state index contributed by atoms with van der Waals surface area (Å²) in [6, 6.07) is 0. The molecule has 3 aliphatic heterocycles. The van der Waals surface area contributed by atoms with Crippen molar-refractivity contribution < 1.29 is 23.8 Å². The van der Waals surface area contributed by atoms with Gasteiger partial charge in [-0.3, -0.25) is 14.5 Å². The van der Waals surface area contributed by atoms with E-state index in [1.54, 1.807) is 11.8 Å². The summed E-state index contributed by atoms with van der Waals surface area (Å²) in [5.74, 6) is -0.327. The molecule has 3 rings (SSSR count). The van der Waals surface area contributed by atoms with Crippen LogP contribution in [-0.4, -0.2) is 105 Å². The summed E-state index contributed by atoms with van der Waals surface area (Å²) >= 11 is 0. The fourth-order valence-electron chi connectivity index (χ4n) is 3.78. The van der Waals surface area contributed by atoms with Crippen LogP contribution >= 0.6 is 0 Å². The van der Waals surface area contributed by atoms with Crippen molar-refractivity contribution in [2.75, 3.05) is 72.2 Å². The van der Waals surface area contributed by atoms with Crippen LogP contribution in [0.1, 0.15) is 26.2 Å². The van der Waals surface area contributed by atoms with Crippen LogP contribution < -0.4 is 0 Å². The van der Waals surface area contributed by atoms with Crippen molar-refractivity contribution >= 4 is 11.8 Å². The third-order valence-electron chi connectivity index (χ3n) is 5.52. The number of hydrogen-bond acceptors (Lipinski definition) is 6. The van der Waals surface area contributed by atoms with Crippen molar-refractivity contribution in [2.24, 2.45) is 0 Å². The third-order valence-corrected chi connectivity index (χ3v) is 5.52. The van der Waals surface area contributed by atoms with Gasteiger partial charge in [0.2, 0.25) is 11.8 Å². The Morgan fingerprint density at radius 2 is 1.62 bits per heavy atom. The summed E-state index contributed by atoms with van der Waals surface area (Å²) < 4.78 is 16.7. The number of carbonyl (C=O) groups is 2. The van der Waals surface area contributed by atoms with Crippen LogP contribution in [0, 0.1) is 0 Å². The Morgan fingerprint density at radius 1 is 0.962 bits per heavy atom. The maximum absolute atomic E-state index is 12.5. The first-order chi connectivity index (χ1) is 12.6. The molecule has 0 aromatic heterocycles. The number of ether oxygens (including phenoxy) is 3. The van der Waals surface area contributed by atoms with E-state index in [4.69, 9.17) is 14.2 Å². The predicted molar refractivity (Wildman–Crippen MR) is 94.6 cm³/mol. The summed E-state index contributed by atoms with van der Waals surface area (Å²) in [4.78, 5) is 30.4. The van der Waals surface area contributed by atoms with Gasteiger partial charge in [0, 0.05) is 72.0 Å². The number of carbonyl (C=O) groups excluding carboxylic acids is 2. The molecule has 3 aliphatic rings. The minimum atomic E-state index is -0.458. The summed E-state index contributed by atoms with van der Waals surface area (Å²) in [6.07, 6.45) is 1.83. The zero-order valence-corrected chi connectivity index (χ0v) is 15.8. The number of nitrogens with zero attached hydrogens (tertiary/aromatic N) is 3. The largest absolute Gasteiger partial charge is 0.379 e. The Bertz CT molecular complexity index is 479. The third kappa shape index (κ3) is 5.16. The Kier molecular flexibility index (Phi) is 6.86. The highest BCUT2D eigenvalue weighted by Crippen LogP contribution is 2.31. The maximum atomic E-state index is 12.5. The van der Waals surface area contributed by atoms with E-state index < -0.39 is 5.79 Å². The van der Waals surface area contributed by atoms with Gasteiger partial charge in [-0.1, -0.05) is 0 Å².